The molecule has 1 aromatic heterocycles. The van der Waals surface area contributed by atoms with E-state index in [1.54, 1.807) is 12.4 Å². The van der Waals surface area contributed by atoms with Gasteiger partial charge in [-0.05, 0) is 12.8 Å². The van der Waals surface area contributed by atoms with Crippen molar-refractivity contribution in [3.63, 3.8) is 0 Å². The van der Waals surface area contributed by atoms with E-state index in [4.69, 9.17) is 4.74 Å². The van der Waals surface area contributed by atoms with E-state index >= 15 is 0 Å². The van der Waals surface area contributed by atoms with Crippen LogP contribution in [0.25, 0.3) is 0 Å². The third kappa shape index (κ3) is 4.01. The number of alkyl carbamates (subject to hydrolysis) is 1. The topological polar surface area (TPSA) is 67.0 Å². The number of ether oxygens (including phenoxy) is 1. The fraction of sp³-hybridized carbons (Fsp3) is 0.600. The Balaban J connectivity index is 2.32. The Morgan fingerprint density at radius 3 is 2.87 bits per heavy atom. The minimum atomic E-state index is -0.391. The van der Waals surface area contributed by atoms with E-state index in [1.165, 1.54) is 0 Å². The minimum Gasteiger partial charge on any atom is -0.449 e. The molecule has 15 heavy (non-hydrogen) atoms. The molecule has 0 aliphatic heterocycles. The van der Waals surface area contributed by atoms with Gasteiger partial charge in [-0.3, -0.25) is 5.10 Å². The van der Waals surface area contributed by atoms with Crippen molar-refractivity contribution >= 4 is 6.09 Å². The maximum absolute atomic E-state index is 11.3. The average molecular weight is 211 g/mol. The Hall–Kier alpha value is -1.52. The number of carbonyl (C=O) groups excluding carboxylic acids is 1. The van der Waals surface area contributed by atoms with Crippen molar-refractivity contribution < 1.29 is 9.53 Å². The minimum absolute atomic E-state index is 0.0941. The van der Waals surface area contributed by atoms with Crippen LogP contribution in [0.2, 0.25) is 0 Å². The summed E-state index contributed by atoms with van der Waals surface area (Å²) in [7, 11) is 0. The molecule has 0 spiro atoms. The molecule has 0 aliphatic rings. The number of aromatic amines is 1. The summed E-state index contributed by atoms with van der Waals surface area (Å²) in [5.74, 6) is 0.347. The second kappa shape index (κ2) is 5.38. The van der Waals surface area contributed by atoms with Crippen LogP contribution in [0.4, 0.5) is 4.79 Å². The van der Waals surface area contributed by atoms with E-state index < -0.39 is 6.09 Å². The van der Waals surface area contributed by atoms with Gasteiger partial charge >= 0.3 is 6.09 Å². The number of amides is 1. The summed E-state index contributed by atoms with van der Waals surface area (Å²) in [5.41, 5.74) is 0.927. The Kier molecular flexibility index (Phi) is 4.15. The van der Waals surface area contributed by atoms with Gasteiger partial charge in [-0.15, -0.1) is 0 Å². The lowest BCUT2D eigenvalue weighted by Gasteiger charge is -2.13. The fourth-order valence-corrected chi connectivity index (χ4v) is 1.04. The number of nitrogens with zero attached hydrogens (tertiary/aromatic N) is 1. The highest BCUT2D eigenvalue weighted by molar-refractivity contribution is 5.67. The summed E-state index contributed by atoms with van der Waals surface area (Å²) in [6.45, 7) is 6.30. The highest BCUT2D eigenvalue weighted by Crippen LogP contribution is 2.09. The van der Waals surface area contributed by atoms with Crippen molar-refractivity contribution in [2.75, 3.05) is 6.61 Å². The summed E-state index contributed by atoms with van der Waals surface area (Å²) in [4.78, 5) is 11.3. The van der Waals surface area contributed by atoms with E-state index in [0.717, 1.165) is 5.56 Å². The molecule has 0 bridgehead atoms. The first-order chi connectivity index (χ1) is 7.09. The van der Waals surface area contributed by atoms with Gasteiger partial charge in [-0.1, -0.05) is 13.8 Å². The standard InChI is InChI=1S/C10H17N3O2/c1-7(2)6-15-10(14)13-8(3)9-4-11-12-5-9/h4-5,7-8H,6H2,1-3H3,(H,11,12)(H,13,14). The highest BCUT2D eigenvalue weighted by atomic mass is 16.5. The molecule has 1 unspecified atom stereocenters. The van der Waals surface area contributed by atoms with Gasteiger partial charge in [0.1, 0.15) is 0 Å². The first-order valence-electron chi connectivity index (χ1n) is 5.01. The van der Waals surface area contributed by atoms with Crippen molar-refractivity contribution in [3.8, 4) is 0 Å². The summed E-state index contributed by atoms with van der Waals surface area (Å²) >= 11 is 0. The molecule has 0 saturated carbocycles. The predicted octanol–water partition coefficient (Wildman–Crippen LogP) is 1.85. The zero-order chi connectivity index (χ0) is 11.3. The zero-order valence-electron chi connectivity index (χ0n) is 9.28. The number of nitrogens with one attached hydrogen (secondary N) is 2. The molecule has 0 aromatic carbocycles. The van der Waals surface area contributed by atoms with Crippen LogP contribution in [-0.2, 0) is 4.74 Å². The first-order valence-corrected chi connectivity index (χ1v) is 5.01. The molecule has 0 saturated heterocycles. The van der Waals surface area contributed by atoms with Crippen LogP contribution in [0.1, 0.15) is 32.4 Å². The first kappa shape index (κ1) is 11.6. The van der Waals surface area contributed by atoms with Crippen molar-refractivity contribution in [2.24, 2.45) is 5.92 Å². The van der Waals surface area contributed by atoms with Crippen LogP contribution in [-0.4, -0.2) is 22.9 Å². The van der Waals surface area contributed by atoms with Crippen LogP contribution in [0.5, 0.6) is 0 Å². The second-order valence-corrected chi connectivity index (χ2v) is 3.89. The molecule has 1 amide bonds. The van der Waals surface area contributed by atoms with Gasteiger partial charge in [-0.2, -0.15) is 5.10 Å². The number of hydrogen-bond donors (Lipinski definition) is 2. The van der Waals surface area contributed by atoms with Gasteiger partial charge < -0.3 is 10.1 Å². The monoisotopic (exact) mass is 211 g/mol. The molecule has 84 valence electrons. The smallest absolute Gasteiger partial charge is 0.407 e. The molecule has 5 nitrogen and oxygen atoms in total. The molecule has 1 heterocycles. The zero-order valence-corrected chi connectivity index (χ0v) is 9.28. The van der Waals surface area contributed by atoms with Crippen molar-refractivity contribution in [1.29, 1.82) is 0 Å². The van der Waals surface area contributed by atoms with Crippen LogP contribution >= 0.6 is 0 Å². The van der Waals surface area contributed by atoms with Crippen molar-refractivity contribution in [3.05, 3.63) is 18.0 Å². The molecule has 0 fully saturated rings. The summed E-state index contributed by atoms with van der Waals surface area (Å²) in [6.07, 6.45) is 3.03. The van der Waals surface area contributed by atoms with Crippen LogP contribution in [0.3, 0.4) is 0 Å². The molecular weight excluding hydrogens is 194 g/mol. The van der Waals surface area contributed by atoms with E-state index in [9.17, 15) is 4.79 Å². The fourth-order valence-electron chi connectivity index (χ4n) is 1.04. The summed E-state index contributed by atoms with van der Waals surface area (Å²) in [6, 6.07) is -0.0941. The highest BCUT2D eigenvalue weighted by Gasteiger charge is 2.11. The molecule has 5 heteroatoms. The third-order valence-corrected chi connectivity index (χ3v) is 1.90. The lowest BCUT2D eigenvalue weighted by atomic mass is 10.2. The molecular formula is C10H17N3O2. The second-order valence-electron chi connectivity index (χ2n) is 3.89. The molecule has 1 rings (SSSR count). The lowest BCUT2D eigenvalue weighted by Crippen LogP contribution is -2.28. The van der Waals surface area contributed by atoms with E-state index in [1.807, 2.05) is 20.8 Å². The lowest BCUT2D eigenvalue weighted by molar-refractivity contribution is 0.130. The summed E-state index contributed by atoms with van der Waals surface area (Å²) in [5, 5.41) is 9.22. The average Bonchev–Trinajstić information content (AvgIpc) is 2.67. The van der Waals surface area contributed by atoms with Gasteiger partial charge in [-0.25, -0.2) is 4.79 Å². The van der Waals surface area contributed by atoms with Gasteiger partial charge in [0.2, 0.25) is 0 Å². The maximum Gasteiger partial charge on any atom is 0.407 e. The number of rotatable bonds is 4. The van der Waals surface area contributed by atoms with Crippen molar-refractivity contribution in [2.45, 2.75) is 26.8 Å². The normalized spacial score (nSPS) is 12.5. The Morgan fingerprint density at radius 2 is 2.33 bits per heavy atom. The molecule has 2 N–H and O–H groups in total. The van der Waals surface area contributed by atoms with Crippen LogP contribution in [0, 0.1) is 5.92 Å². The Morgan fingerprint density at radius 1 is 1.60 bits per heavy atom. The van der Waals surface area contributed by atoms with Gasteiger partial charge in [0, 0.05) is 11.8 Å². The number of H-pyrrole nitrogens is 1. The van der Waals surface area contributed by atoms with E-state index in [0.29, 0.717) is 12.5 Å². The van der Waals surface area contributed by atoms with Crippen LogP contribution < -0.4 is 5.32 Å². The number of aromatic nitrogens is 2. The molecule has 1 atom stereocenters. The third-order valence-electron chi connectivity index (χ3n) is 1.90. The quantitative estimate of drug-likeness (QED) is 0.798. The summed E-state index contributed by atoms with van der Waals surface area (Å²) < 4.78 is 4.99. The Bertz CT molecular complexity index is 296. The largest absolute Gasteiger partial charge is 0.449 e. The van der Waals surface area contributed by atoms with Gasteiger partial charge in [0.25, 0.3) is 0 Å². The van der Waals surface area contributed by atoms with Gasteiger partial charge in [0.05, 0.1) is 18.8 Å². The molecule has 1 aromatic rings. The Labute approximate surface area is 89.2 Å². The number of hydrogen-bond acceptors (Lipinski definition) is 3. The predicted molar refractivity (Wildman–Crippen MR) is 56.3 cm³/mol. The van der Waals surface area contributed by atoms with E-state index in [-0.39, 0.29) is 6.04 Å². The van der Waals surface area contributed by atoms with E-state index in [2.05, 4.69) is 15.5 Å². The van der Waals surface area contributed by atoms with Crippen molar-refractivity contribution in [1.82, 2.24) is 15.5 Å². The maximum atomic E-state index is 11.3. The molecule has 0 radical (unpaired) electrons. The van der Waals surface area contributed by atoms with Gasteiger partial charge in [0.15, 0.2) is 0 Å². The molecule has 0 aliphatic carbocycles. The van der Waals surface area contributed by atoms with Crippen LogP contribution in [0.15, 0.2) is 12.4 Å². The number of carbonyl (C=O) groups is 1. The SMILES string of the molecule is CC(C)COC(=O)NC(C)c1cn[nH]c1.